The number of alkyl halides is 1. The average molecular weight is 285 g/mol. The second-order valence-corrected chi connectivity index (χ2v) is 4.61. The summed E-state index contributed by atoms with van der Waals surface area (Å²) in [7, 11) is 0. The van der Waals surface area contributed by atoms with Gasteiger partial charge in [-0.05, 0) is 30.5 Å². The fourth-order valence-electron chi connectivity index (χ4n) is 1.90. The number of rotatable bonds is 5. The van der Waals surface area contributed by atoms with E-state index in [1.54, 1.807) is 0 Å². The molecule has 16 heavy (non-hydrogen) atoms. The van der Waals surface area contributed by atoms with Gasteiger partial charge >= 0.3 is 0 Å². The first kappa shape index (κ1) is 11.9. The van der Waals surface area contributed by atoms with Crippen LogP contribution in [0.5, 0.6) is 5.75 Å². The number of benzene rings is 1. The van der Waals surface area contributed by atoms with Gasteiger partial charge in [-0.15, -0.1) is 0 Å². The van der Waals surface area contributed by atoms with Crippen LogP contribution in [0.15, 0.2) is 24.3 Å². The van der Waals surface area contributed by atoms with Crippen LogP contribution in [-0.2, 0) is 10.1 Å². The second-order valence-electron chi connectivity index (χ2n) is 4.05. The molecule has 0 amide bonds. The predicted octanol–water partition coefficient (Wildman–Crippen LogP) is 3.53. The van der Waals surface area contributed by atoms with Crippen LogP contribution in [0.1, 0.15) is 24.8 Å². The fraction of sp³-hybridized carbons (Fsp3) is 0.538. The van der Waals surface area contributed by atoms with E-state index in [1.165, 1.54) is 18.4 Å². The highest BCUT2D eigenvalue weighted by molar-refractivity contribution is 9.08. The summed E-state index contributed by atoms with van der Waals surface area (Å²) in [5.74, 6) is 0.954. The highest BCUT2D eigenvalue weighted by Gasteiger charge is 2.14. The van der Waals surface area contributed by atoms with Crippen LogP contribution in [0, 0.1) is 0 Å². The summed E-state index contributed by atoms with van der Waals surface area (Å²) < 4.78 is 11.3. The number of ether oxygens (including phenoxy) is 2. The lowest BCUT2D eigenvalue weighted by atomic mass is 10.2. The summed E-state index contributed by atoms with van der Waals surface area (Å²) in [5, 5.41) is 0.871. The smallest absolute Gasteiger partial charge is 0.119 e. The molecule has 1 saturated heterocycles. The van der Waals surface area contributed by atoms with Gasteiger partial charge in [0.05, 0.1) is 12.7 Å². The summed E-state index contributed by atoms with van der Waals surface area (Å²) in [6.07, 6.45) is 3.80. The van der Waals surface area contributed by atoms with Gasteiger partial charge in [-0.1, -0.05) is 28.1 Å². The summed E-state index contributed by atoms with van der Waals surface area (Å²) in [6.45, 7) is 1.67. The molecule has 1 aliphatic rings. The molecule has 1 atom stereocenters. The molecule has 1 aromatic rings. The first-order chi connectivity index (χ1) is 7.88. The lowest BCUT2D eigenvalue weighted by Gasteiger charge is -2.11. The van der Waals surface area contributed by atoms with E-state index in [0.717, 1.165) is 30.7 Å². The molecule has 1 heterocycles. The van der Waals surface area contributed by atoms with Gasteiger partial charge in [0, 0.05) is 18.4 Å². The quantitative estimate of drug-likeness (QED) is 0.770. The van der Waals surface area contributed by atoms with E-state index < -0.39 is 0 Å². The van der Waals surface area contributed by atoms with Crippen molar-refractivity contribution in [3.05, 3.63) is 29.8 Å². The van der Waals surface area contributed by atoms with Gasteiger partial charge in [0.15, 0.2) is 0 Å². The Kier molecular flexibility index (Phi) is 4.67. The van der Waals surface area contributed by atoms with Crippen LogP contribution in [0.3, 0.4) is 0 Å². The van der Waals surface area contributed by atoms with Crippen LogP contribution in [0.25, 0.3) is 0 Å². The third-order valence-electron chi connectivity index (χ3n) is 2.79. The molecular weight excluding hydrogens is 268 g/mol. The topological polar surface area (TPSA) is 18.5 Å². The van der Waals surface area contributed by atoms with Crippen LogP contribution in [-0.4, -0.2) is 19.3 Å². The summed E-state index contributed by atoms with van der Waals surface area (Å²) >= 11 is 3.44. The lowest BCUT2D eigenvalue weighted by Crippen LogP contribution is -2.10. The molecular formula is C13H17BrO2. The molecule has 1 aliphatic heterocycles. The third kappa shape index (κ3) is 3.49. The first-order valence-electron chi connectivity index (χ1n) is 5.78. The van der Waals surface area contributed by atoms with Crippen molar-refractivity contribution in [2.24, 2.45) is 0 Å². The van der Waals surface area contributed by atoms with Gasteiger partial charge in [-0.3, -0.25) is 0 Å². The maximum absolute atomic E-state index is 5.71. The van der Waals surface area contributed by atoms with Crippen molar-refractivity contribution < 1.29 is 9.47 Å². The highest BCUT2D eigenvalue weighted by atomic mass is 79.9. The highest BCUT2D eigenvalue weighted by Crippen LogP contribution is 2.18. The summed E-state index contributed by atoms with van der Waals surface area (Å²) in [5.41, 5.74) is 1.25. The monoisotopic (exact) mass is 284 g/mol. The molecule has 3 heteroatoms. The van der Waals surface area contributed by atoms with E-state index in [1.807, 2.05) is 12.1 Å². The molecule has 1 aromatic carbocycles. The Morgan fingerprint density at radius 3 is 3.12 bits per heavy atom. The summed E-state index contributed by atoms with van der Waals surface area (Å²) in [6, 6.07) is 8.19. The minimum absolute atomic E-state index is 0.416. The van der Waals surface area contributed by atoms with Crippen molar-refractivity contribution in [1.29, 1.82) is 0 Å². The fourth-order valence-corrected chi connectivity index (χ4v) is 2.25. The van der Waals surface area contributed by atoms with Crippen LogP contribution < -0.4 is 4.74 Å². The van der Waals surface area contributed by atoms with Crippen LogP contribution in [0.2, 0.25) is 0 Å². The van der Waals surface area contributed by atoms with Crippen molar-refractivity contribution in [2.45, 2.75) is 30.7 Å². The van der Waals surface area contributed by atoms with Crippen molar-refractivity contribution in [2.75, 3.05) is 13.2 Å². The van der Waals surface area contributed by atoms with Gasteiger partial charge in [0.2, 0.25) is 0 Å². The van der Waals surface area contributed by atoms with Gasteiger partial charge in [0.1, 0.15) is 5.75 Å². The number of hydrogen-bond acceptors (Lipinski definition) is 2. The molecule has 0 bridgehead atoms. The molecule has 88 valence electrons. The van der Waals surface area contributed by atoms with E-state index in [0.29, 0.717) is 6.10 Å². The lowest BCUT2D eigenvalue weighted by molar-refractivity contribution is 0.0903. The molecule has 0 spiro atoms. The van der Waals surface area contributed by atoms with E-state index in [9.17, 15) is 0 Å². The standard InChI is InChI=1S/C13H17BrO2/c14-10-11-3-1-4-13(9-11)16-8-6-12-5-2-7-15-12/h1,3-4,9,12H,2,5-8,10H2. The minimum atomic E-state index is 0.416. The number of halogens is 1. The molecule has 0 aliphatic carbocycles. The first-order valence-corrected chi connectivity index (χ1v) is 6.90. The van der Waals surface area contributed by atoms with Crippen molar-refractivity contribution in [1.82, 2.24) is 0 Å². The van der Waals surface area contributed by atoms with Crippen LogP contribution >= 0.6 is 15.9 Å². The van der Waals surface area contributed by atoms with Crippen molar-refractivity contribution in [3.8, 4) is 5.75 Å². The Morgan fingerprint density at radius 1 is 1.44 bits per heavy atom. The molecule has 0 N–H and O–H groups in total. The summed E-state index contributed by atoms with van der Waals surface area (Å²) in [4.78, 5) is 0. The maximum atomic E-state index is 5.71. The van der Waals surface area contributed by atoms with Gasteiger partial charge in [-0.25, -0.2) is 0 Å². The Balaban J connectivity index is 1.75. The Hall–Kier alpha value is -0.540. The Labute approximate surface area is 105 Å². The molecule has 2 nitrogen and oxygen atoms in total. The molecule has 1 fully saturated rings. The largest absolute Gasteiger partial charge is 0.493 e. The normalized spacial score (nSPS) is 19.9. The molecule has 0 radical (unpaired) electrons. The zero-order valence-electron chi connectivity index (χ0n) is 9.32. The maximum Gasteiger partial charge on any atom is 0.119 e. The minimum Gasteiger partial charge on any atom is -0.493 e. The van der Waals surface area contributed by atoms with E-state index in [-0.39, 0.29) is 0 Å². The van der Waals surface area contributed by atoms with Gasteiger partial charge in [0.25, 0.3) is 0 Å². The van der Waals surface area contributed by atoms with E-state index >= 15 is 0 Å². The third-order valence-corrected chi connectivity index (χ3v) is 3.43. The van der Waals surface area contributed by atoms with Crippen LogP contribution in [0.4, 0.5) is 0 Å². The molecule has 2 rings (SSSR count). The molecule has 0 saturated carbocycles. The Morgan fingerprint density at radius 2 is 2.38 bits per heavy atom. The molecule has 0 aromatic heterocycles. The average Bonchev–Trinajstić information content (AvgIpc) is 2.82. The van der Waals surface area contributed by atoms with Gasteiger partial charge < -0.3 is 9.47 Å². The zero-order chi connectivity index (χ0) is 11.2. The van der Waals surface area contributed by atoms with Crippen molar-refractivity contribution in [3.63, 3.8) is 0 Å². The van der Waals surface area contributed by atoms with Crippen molar-refractivity contribution >= 4 is 15.9 Å². The van der Waals surface area contributed by atoms with E-state index in [4.69, 9.17) is 9.47 Å². The SMILES string of the molecule is BrCc1cccc(OCCC2CCCO2)c1. The molecule has 1 unspecified atom stereocenters. The Bertz CT molecular complexity index is 321. The van der Waals surface area contributed by atoms with Gasteiger partial charge in [-0.2, -0.15) is 0 Å². The van der Waals surface area contributed by atoms with E-state index in [2.05, 4.69) is 28.1 Å². The predicted molar refractivity (Wildman–Crippen MR) is 68.2 cm³/mol. The second kappa shape index (κ2) is 6.26. The number of hydrogen-bond donors (Lipinski definition) is 0. The zero-order valence-corrected chi connectivity index (χ0v) is 10.9.